The van der Waals surface area contributed by atoms with Gasteiger partial charge in [-0.05, 0) is 52.3 Å². The van der Waals surface area contributed by atoms with Gasteiger partial charge in [0.1, 0.15) is 4.60 Å². The van der Waals surface area contributed by atoms with Crippen molar-refractivity contribution >= 4 is 39.1 Å². The highest BCUT2D eigenvalue weighted by Crippen LogP contribution is 2.14. The Morgan fingerprint density at radius 1 is 1.18 bits per heavy atom. The van der Waals surface area contributed by atoms with Gasteiger partial charge >= 0.3 is 0 Å². The van der Waals surface area contributed by atoms with Gasteiger partial charge in [-0.3, -0.25) is 4.79 Å². The Kier molecular flexibility index (Phi) is 3.76. The molecule has 1 amide bonds. The lowest BCUT2D eigenvalue weighted by molar-refractivity contribution is 0.102. The lowest BCUT2D eigenvalue weighted by atomic mass is 10.2. The van der Waals surface area contributed by atoms with Crippen LogP contribution in [-0.2, 0) is 0 Å². The van der Waals surface area contributed by atoms with Gasteiger partial charge in [-0.25, -0.2) is 4.98 Å². The summed E-state index contributed by atoms with van der Waals surface area (Å²) in [5, 5.41) is 3.38. The molecule has 86 valence electrons. The van der Waals surface area contributed by atoms with Gasteiger partial charge in [-0.15, -0.1) is 0 Å². The SMILES string of the molecule is O=C(Nc1ccc(Cl)cc1)c1ccc(Br)nc1. The predicted molar refractivity (Wildman–Crippen MR) is 71.3 cm³/mol. The van der Waals surface area contributed by atoms with Crippen LogP contribution in [0, 0.1) is 0 Å². The smallest absolute Gasteiger partial charge is 0.257 e. The van der Waals surface area contributed by atoms with Crippen LogP contribution in [0.2, 0.25) is 5.02 Å². The second kappa shape index (κ2) is 5.29. The minimum atomic E-state index is -0.202. The van der Waals surface area contributed by atoms with Crippen molar-refractivity contribution in [1.29, 1.82) is 0 Å². The van der Waals surface area contributed by atoms with Crippen molar-refractivity contribution in [3.8, 4) is 0 Å². The van der Waals surface area contributed by atoms with Gasteiger partial charge in [0.05, 0.1) is 5.56 Å². The second-order valence-corrected chi connectivity index (χ2v) is 4.58. The fourth-order valence-corrected chi connectivity index (χ4v) is 1.61. The first-order valence-corrected chi connectivity index (χ1v) is 6.01. The van der Waals surface area contributed by atoms with Crippen LogP contribution in [0.15, 0.2) is 47.2 Å². The number of aromatic nitrogens is 1. The highest BCUT2D eigenvalue weighted by Gasteiger charge is 2.05. The molecule has 5 heteroatoms. The van der Waals surface area contributed by atoms with Gasteiger partial charge in [0.2, 0.25) is 0 Å². The van der Waals surface area contributed by atoms with Crippen LogP contribution in [0.4, 0.5) is 5.69 Å². The lowest BCUT2D eigenvalue weighted by Gasteiger charge is -2.04. The van der Waals surface area contributed by atoms with Gasteiger partial charge in [0.15, 0.2) is 0 Å². The molecular formula is C12H8BrClN2O. The molecule has 0 fully saturated rings. The van der Waals surface area contributed by atoms with Crippen LogP contribution in [0.5, 0.6) is 0 Å². The molecule has 0 radical (unpaired) electrons. The fraction of sp³-hybridized carbons (Fsp3) is 0. The van der Waals surface area contributed by atoms with Crippen LogP contribution in [-0.4, -0.2) is 10.9 Å². The third-order valence-electron chi connectivity index (χ3n) is 2.09. The summed E-state index contributed by atoms with van der Waals surface area (Å²) in [6, 6.07) is 10.3. The van der Waals surface area contributed by atoms with Crippen molar-refractivity contribution in [3.63, 3.8) is 0 Å². The summed E-state index contributed by atoms with van der Waals surface area (Å²) in [5.74, 6) is -0.202. The molecule has 3 nitrogen and oxygen atoms in total. The monoisotopic (exact) mass is 310 g/mol. The number of halogens is 2. The molecule has 1 N–H and O–H groups in total. The zero-order valence-electron chi connectivity index (χ0n) is 8.65. The summed E-state index contributed by atoms with van der Waals surface area (Å²) in [5.41, 5.74) is 1.20. The van der Waals surface area contributed by atoms with E-state index in [2.05, 4.69) is 26.2 Å². The third kappa shape index (κ3) is 3.28. The number of hydrogen-bond donors (Lipinski definition) is 1. The van der Waals surface area contributed by atoms with Crippen LogP contribution in [0.25, 0.3) is 0 Å². The molecular weight excluding hydrogens is 304 g/mol. The van der Waals surface area contributed by atoms with Crippen molar-refractivity contribution in [2.45, 2.75) is 0 Å². The minimum absolute atomic E-state index is 0.202. The maximum atomic E-state index is 11.8. The Balaban J connectivity index is 2.11. The highest BCUT2D eigenvalue weighted by molar-refractivity contribution is 9.10. The van der Waals surface area contributed by atoms with Gasteiger partial charge in [-0.2, -0.15) is 0 Å². The largest absolute Gasteiger partial charge is 0.322 e. The topological polar surface area (TPSA) is 42.0 Å². The molecule has 0 spiro atoms. The summed E-state index contributed by atoms with van der Waals surface area (Å²) in [6.07, 6.45) is 1.51. The number of hydrogen-bond acceptors (Lipinski definition) is 2. The van der Waals surface area contributed by atoms with E-state index >= 15 is 0 Å². The molecule has 17 heavy (non-hydrogen) atoms. The molecule has 0 bridgehead atoms. The van der Waals surface area contributed by atoms with E-state index in [0.717, 1.165) is 0 Å². The zero-order valence-corrected chi connectivity index (χ0v) is 11.0. The van der Waals surface area contributed by atoms with E-state index < -0.39 is 0 Å². The molecule has 0 aliphatic rings. The Bertz CT molecular complexity index is 525. The van der Waals surface area contributed by atoms with Crippen molar-refractivity contribution in [2.75, 3.05) is 5.32 Å². The number of pyridine rings is 1. The van der Waals surface area contributed by atoms with Crippen molar-refractivity contribution in [2.24, 2.45) is 0 Å². The number of nitrogens with one attached hydrogen (secondary N) is 1. The number of rotatable bonds is 2. The number of anilines is 1. The second-order valence-electron chi connectivity index (χ2n) is 3.33. The quantitative estimate of drug-likeness (QED) is 0.858. The van der Waals surface area contributed by atoms with E-state index in [1.54, 1.807) is 36.4 Å². The molecule has 0 aliphatic heterocycles. The van der Waals surface area contributed by atoms with E-state index in [1.807, 2.05) is 0 Å². The molecule has 1 aromatic heterocycles. The normalized spacial score (nSPS) is 10.0. The van der Waals surface area contributed by atoms with Crippen molar-refractivity contribution < 1.29 is 4.79 Å². The molecule has 1 aromatic carbocycles. The first-order chi connectivity index (χ1) is 8.15. The number of carbonyl (C=O) groups excluding carboxylic acids is 1. The maximum Gasteiger partial charge on any atom is 0.257 e. The maximum absolute atomic E-state index is 11.8. The Morgan fingerprint density at radius 2 is 1.88 bits per heavy atom. The number of nitrogens with zero attached hydrogens (tertiary/aromatic N) is 1. The number of benzene rings is 1. The van der Waals surface area contributed by atoms with E-state index in [4.69, 9.17) is 11.6 Å². The Labute approximate surface area is 112 Å². The lowest BCUT2D eigenvalue weighted by Crippen LogP contribution is -2.11. The van der Waals surface area contributed by atoms with Gasteiger partial charge in [-0.1, -0.05) is 11.6 Å². The first-order valence-electron chi connectivity index (χ1n) is 4.83. The summed E-state index contributed by atoms with van der Waals surface area (Å²) in [7, 11) is 0. The number of amides is 1. The van der Waals surface area contributed by atoms with E-state index in [1.165, 1.54) is 6.20 Å². The van der Waals surface area contributed by atoms with Crippen LogP contribution in [0.3, 0.4) is 0 Å². The van der Waals surface area contributed by atoms with Gasteiger partial charge < -0.3 is 5.32 Å². The summed E-state index contributed by atoms with van der Waals surface area (Å²) in [6.45, 7) is 0. The third-order valence-corrected chi connectivity index (χ3v) is 2.81. The van der Waals surface area contributed by atoms with Crippen LogP contribution in [0.1, 0.15) is 10.4 Å². The predicted octanol–water partition coefficient (Wildman–Crippen LogP) is 3.75. The van der Waals surface area contributed by atoms with E-state index in [-0.39, 0.29) is 5.91 Å². The number of carbonyl (C=O) groups is 1. The first kappa shape index (κ1) is 12.1. The summed E-state index contributed by atoms with van der Waals surface area (Å²) in [4.78, 5) is 15.8. The average molecular weight is 312 g/mol. The average Bonchev–Trinajstić information content (AvgIpc) is 2.33. The van der Waals surface area contributed by atoms with Gasteiger partial charge in [0.25, 0.3) is 5.91 Å². The molecule has 0 atom stereocenters. The van der Waals surface area contributed by atoms with Crippen LogP contribution < -0.4 is 5.32 Å². The highest BCUT2D eigenvalue weighted by atomic mass is 79.9. The Hall–Kier alpha value is -1.39. The standard InChI is InChI=1S/C12H8BrClN2O/c13-11-6-1-8(7-15-11)12(17)16-10-4-2-9(14)3-5-10/h1-7H,(H,16,17). The molecule has 2 rings (SSSR count). The molecule has 0 saturated carbocycles. The molecule has 0 aliphatic carbocycles. The Morgan fingerprint density at radius 3 is 2.47 bits per heavy atom. The molecule has 0 unspecified atom stereocenters. The van der Waals surface area contributed by atoms with Crippen molar-refractivity contribution in [1.82, 2.24) is 4.98 Å². The molecule has 0 saturated heterocycles. The van der Waals surface area contributed by atoms with Crippen LogP contribution >= 0.6 is 27.5 Å². The van der Waals surface area contributed by atoms with Crippen molar-refractivity contribution in [3.05, 3.63) is 57.8 Å². The van der Waals surface area contributed by atoms with E-state index in [9.17, 15) is 4.79 Å². The van der Waals surface area contributed by atoms with Gasteiger partial charge in [0, 0.05) is 16.9 Å². The summed E-state index contributed by atoms with van der Waals surface area (Å²) < 4.78 is 0.695. The van der Waals surface area contributed by atoms with E-state index in [0.29, 0.717) is 20.9 Å². The minimum Gasteiger partial charge on any atom is -0.322 e. The zero-order chi connectivity index (χ0) is 12.3. The molecule has 1 heterocycles. The molecule has 2 aromatic rings. The summed E-state index contributed by atoms with van der Waals surface area (Å²) >= 11 is 8.97. The fourth-order valence-electron chi connectivity index (χ4n) is 1.25.